The lowest BCUT2D eigenvalue weighted by atomic mass is 9.84. The molecule has 4 amide bonds. The van der Waals surface area contributed by atoms with Gasteiger partial charge in [0.25, 0.3) is 0 Å². The molecule has 0 aliphatic rings. The van der Waals surface area contributed by atoms with Crippen molar-refractivity contribution in [3.63, 3.8) is 0 Å². The SMILES string of the molecule is COC(=O)NC(C(=O)N[C@H](Cc1ccc(-c2ccccn2)cc1)[C@H](O)[C@@H](O)[C@@H](Cc1ccc(-c2ccccn2)cc1)NC(=O)C(NC(=O)OC)C(C)(C)C)C(C)(C)C. The van der Waals surface area contributed by atoms with Crippen molar-refractivity contribution in [3.8, 4) is 22.5 Å². The van der Waals surface area contributed by atoms with Crippen LogP contribution in [-0.2, 0) is 31.9 Å². The number of methoxy groups -OCH3 is 2. The highest BCUT2D eigenvalue weighted by Gasteiger charge is 2.40. The molecule has 0 aliphatic carbocycles. The van der Waals surface area contributed by atoms with Crippen LogP contribution in [0.2, 0.25) is 0 Å². The number of alkyl carbamates (subject to hydrolysis) is 2. The summed E-state index contributed by atoms with van der Waals surface area (Å²) in [6.45, 7) is 10.6. The summed E-state index contributed by atoms with van der Waals surface area (Å²) in [4.78, 5) is 61.5. The smallest absolute Gasteiger partial charge is 0.407 e. The van der Waals surface area contributed by atoms with Crippen LogP contribution in [0.15, 0.2) is 97.3 Å². The Morgan fingerprint density at radius 3 is 1.17 bits per heavy atom. The summed E-state index contributed by atoms with van der Waals surface area (Å²) in [5.74, 6) is -1.25. The van der Waals surface area contributed by atoms with Gasteiger partial charge in [0.2, 0.25) is 11.8 Å². The lowest BCUT2D eigenvalue weighted by Crippen LogP contribution is -2.62. The van der Waals surface area contributed by atoms with Gasteiger partial charge in [0.05, 0.1) is 37.7 Å². The van der Waals surface area contributed by atoms with Crippen molar-refractivity contribution in [2.45, 2.75) is 90.8 Å². The van der Waals surface area contributed by atoms with Crippen molar-refractivity contribution in [1.82, 2.24) is 31.2 Å². The Morgan fingerprint density at radius 1 is 0.552 bits per heavy atom. The average molecular weight is 797 g/mol. The number of amides is 4. The zero-order valence-electron chi connectivity index (χ0n) is 34.4. The molecule has 14 heteroatoms. The summed E-state index contributed by atoms with van der Waals surface area (Å²) in [6, 6.07) is 21.5. The van der Waals surface area contributed by atoms with E-state index in [0.717, 1.165) is 22.5 Å². The number of aromatic nitrogens is 2. The molecule has 4 aromatic rings. The van der Waals surface area contributed by atoms with E-state index in [1.807, 2.05) is 84.9 Å². The quantitative estimate of drug-likeness (QED) is 0.0969. The van der Waals surface area contributed by atoms with Crippen LogP contribution in [0.5, 0.6) is 0 Å². The average Bonchev–Trinajstić information content (AvgIpc) is 3.20. The van der Waals surface area contributed by atoms with E-state index < -0.39 is 71.2 Å². The molecular weight excluding hydrogens is 741 g/mol. The molecule has 6 atom stereocenters. The molecule has 0 fully saturated rings. The van der Waals surface area contributed by atoms with Gasteiger partial charge >= 0.3 is 12.2 Å². The molecule has 6 N–H and O–H groups in total. The van der Waals surface area contributed by atoms with E-state index in [-0.39, 0.29) is 12.8 Å². The third-order valence-corrected chi connectivity index (χ3v) is 9.72. The van der Waals surface area contributed by atoms with E-state index in [4.69, 9.17) is 9.47 Å². The minimum Gasteiger partial charge on any atom is -0.453 e. The predicted molar refractivity (Wildman–Crippen MR) is 220 cm³/mol. The van der Waals surface area contributed by atoms with Crippen LogP contribution < -0.4 is 21.3 Å². The zero-order valence-corrected chi connectivity index (χ0v) is 34.4. The standard InChI is InChI=1S/C44H56N6O8/c1-43(2,3)37(49-41(55)57-7)39(53)47-33(25-27-15-19-29(20-16-27)31-13-9-11-23-45-31)35(51)36(52)34(48-40(54)38(44(4,5)6)50-42(56)58-8)26-28-17-21-30(22-18-28)32-14-10-12-24-46-32/h9-24,33-38,51-52H,25-26H2,1-8H3,(H,47,53)(H,48,54)(H,49,55)(H,50,56)/t33-,34-,35+,36+,37?,38?/m1/s1. The number of pyridine rings is 2. The molecular formula is C44H56N6O8. The summed E-state index contributed by atoms with van der Waals surface area (Å²) in [5.41, 5.74) is 3.08. The van der Waals surface area contributed by atoms with Crippen LogP contribution in [0.4, 0.5) is 9.59 Å². The second-order valence-corrected chi connectivity index (χ2v) is 16.3. The Kier molecular flexibility index (Phi) is 15.5. The second kappa shape index (κ2) is 20.0. The van der Waals surface area contributed by atoms with Gasteiger partial charge in [0.15, 0.2) is 0 Å². The molecule has 0 saturated carbocycles. The van der Waals surface area contributed by atoms with E-state index in [9.17, 15) is 29.4 Å². The lowest BCUT2D eigenvalue weighted by molar-refractivity contribution is -0.130. The second-order valence-electron chi connectivity index (χ2n) is 16.3. The van der Waals surface area contributed by atoms with Gasteiger partial charge < -0.3 is 41.0 Å². The third-order valence-electron chi connectivity index (χ3n) is 9.72. The van der Waals surface area contributed by atoms with Crippen LogP contribution in [0.3, 0.4) is 0 Å². The van der Waals surface area contributed by atoms with Gasteiger partial charge in [-0.2, -0.15) is 0 Å². The van der Waals surface area contributed by atoms with Gasteiger partial charge in [-0.3, -0.25) is 19.6 Å². The molecule has 2 heterocycles. The van der Waals surface area contributed by atoms with Gasteiger partial charge in [-0.25, -0.2) is 9.59 Å². The van der Waals surface area contributed by atoms with E-state index in [2.05, 4.69) is 31.2 Å². The first kappa shape index (κ1) is 44.8. The fourth-order valence-electron chi connectivity index (χ4n) is 6.42. The Balaban J connectivity index is 1.72. The maximum absolute atomic E-state index is 14.0. The number of nitrogens with one attached hydrogen (secondary N) is 4. The molecule has 4 rings (SSSR count). The number of aliphatic hydroxyl groups excluding tert-OH is 2. The Hall–Kier alpha value is -5.86. The van der Waals surface area contributed by atoms with E-state index >= 15 is 0 Å². The van der Waals surface area contributed by atoms with Gasteiger partial charge in [-0.1, -0.05) is 102 Å². The van der Waals surface area contributed by atoms with Gasteiger partial charge in [-0.05, 0) is 59.1 Å². The number of nitrogens with zero attached hydrogens (tertiary/aromatic N) is 2. The molecule has 0 radical (unpaired) electrons. The van der Waals surface area contributed by atoms with Crippen molar-refractivity contribution >= 4 is 24.0 Å². The van der Waals surface area contributed by atoms with Crippen molar-refractivity contribution in [1.29, 1.82) is 0 Å². The summed E-state index contributed by atoms with van der Waals surface area (Å²) in [6.07, 6.45) is -1.48. The number of hydrogen-bond acceptors (Lipinski definition) is 10. The first-order valence-electron chi connectivity index (χ1n) is 19.1. The molecule has 2 aromatic carbocycles. The fraction of sp³-hybridized carbons (Fsp3) is 0.409. The van der Waals surface area contributed by atoms with Crippen molar-refractivity contribution in [2.75, 3.05) is 14.2 Å². The summed E-state index contributed by atoms with van der Waals surface area (Å²) in [5, 5.41) is 35.2. The highest BCUT2D eigenvalue weighted by atomic mass is 16.5. The first-order valence-corrected chi connectivity index (χ1v) is 19.1. The van der Waals surface area contributed by atoms with E-state index in [1.165, 1.54) is 14.2 Å². The molecule has 0 spiro atoms. The van der Waals surface area contributed by atoms with E-state index in [0.29, 0.717) is 11.1 Å². The summed E-state index contributed by atoms with van der Waals surface area (Å²) >= 11 is 0. The highest BCUT2D eigenvalue weighted by Crippen LogP contribution is 2.25. The van der Waals surface area contributed by atoms with Crippen LogP contribution in [0, 0.1) is 10.8 Å². The van der Waals surface area contributed by atoms with Crippen molar-refractivity contribution in [2.24, 2.45) is 10.8 Å². The third kappa shape index (κ3) is 12.6. The monoisotopic (exact) mass is 796 g/mol. The first-order chi connectivity index (χ1) is 27.4. The predicted octanol–water partition coefficient (Wildman–Crippen LogP) is 4.83. The normalized spacial score (nSPS) is 14.7. The van der Waals surface area contributed by atoms with Gasteiger partial charge in [0, 0.05) is 23.5 Å². The maximum Gasteiger partial charge on any atom is 0.407 e. The highest BCUT2D eigenvalue weighted by molar-refractivity contribution is 5.87. The molecule has 0 bridgehead atoms. The van der Waals surface area contributed by atoms with Gasteiger partial charge in [-0.15, -0.1) is 0 Å². The van der Waals surface area contributed by atoms with Crippen molar-refractivity contribution in [3.05, 3.63) is 108 Å². The number of hydrogen-bond donors (Lipinski definition) is 6. The minimum absolute atomic E-state index is 0.0511. The number of aliphatic hydroxyl groups is 2. The lowest BCUT2D eigenvalue weighted by Gasteiger charge is -2.37. The van der Waals surface area contributed by atoms with Crippen LogP contribution >= 0.6 is 0 Å². The van der Waals surface area contributed by atoms with Crippen LogP contribution in [-0.4, -0.2) is 94.8 Å². The Bertz CT molecular complexity index is 1810. The number of carbonyl (C=O) groups excluding carboxylic acids is 4. The minimum atomic E-state index is -1.67. The Labute approximate surface area is 340 Å². The Morgan fingerprint density at radius 2 is 0.897 bits per heavy atom. The molecule has 310 valence electrons. The fourth-order valence-corrected chi connectivity index (χ4v) is 6.42. The molecule has 2 unspecified atom stereocenters. The molecule has 0 saturated heterocycles. The topological polar surface area (TPSA) is 201 Å². The molecule has 2 aromatic heterocycles. The zero-order chi connectivity index (χ0) is 42.6. The summed E-state index contributed by atoms with van der Waals surface area (Å²) < 4.78 is 9.58. The molecule has 58 heavy (non-hydrogen) atoms. The molecule has 0 aliphatic heterocycles. The number of benzene rings is 2. The largest absolute Gasteiger partial charge is 0.453 e. The number of carbonyl (C=O) groups is 4. The molecule has 14 nitrogen and oxygen atoms in total. The number of rotatable bonds is 15. The number of ether oxygens (including phenoxy) is 2. The van der Waals surface area contributed by atoms with Crippen LogP contribution in [0.25, 0.3) is 22.5 Å². The maximum atomic E-state index is 14.0. The van der Waals surface area contributed by atoms with Crippen molar-refractivity contribution < 1.29 is 38.9 Å². The van der Waals surface area contributed by atoms with Gasteiger partial charge in [0.1, 0.15) is 24.3 Å². The van der Waals surface area contributed by atoms with Crippen LogP contribution in [0.1, 0.15) is 52.7 Å². The summed E-state index contributed by atoms with van der Waals surface area (Å²) in [7, 11) is 2.38. The van der Waals surface area contributed by atoms with E-state index in [1.54, 1.807) is 53.9 Å².